The first-order chi connectivity index (χ1) is 14.5. The van der Waals surface area contributed by atoms with Gasteiger partial charge in [0.2, 0.25) is 10.0 Å². The molecular weight excluding hydrogens is 429 g/mol. The summed E-state index contributed by atoms with van der Waals surface area (Å²) in [6.45, 7) is 5.63. The molecule has 0 radical (unpaired) electrons. The Morgan fingerprint density at radius 2 is 1.55 bits per heavy atom. The van der Waals surface area contributed by atoms with Gasteiger partial charge < -0.3 is 5.11 Å². The highest BCUT2D eigenvalue weighted by atomic mass is 32.2. The van der Waals surface area contributed by atoms with Crippen LogP contribution >= 0.6 is 0 Å². The van der Waals surface area contributed by atoms with E-state index in [9.17, 15) is 26.7 Å². The molecular formula is C22H27F3N2O3S. The molecule has 1 atom stereocenters. The maximum absolute atomic E-state index is 12.9. The van der Waals surface area contributed by atoms with Gasteiger partial charge in [-0.1, -0.05) is 44.2 Å². The van der Waals surface area contributed by atoms with Gasteiger partial charge in [-0.05, 0) is 35.2 Å². The van der Waals surface area contributed by atoms with Crippen LogP contribution in [-0.2, 0) is 16.2 Å². The van der Waals surface area contributed by atoms with E-state index in [0.717, 1.165) is 17.7 Å². The smallest absolute Gasteiger partial charge is 0.387 e. The van der Waals surface area contributed by atoms with Gasteiger partial charge in [0.25, 0.3) is 0 Å². The first-order valence-electron chi connectivity index (χ1n) is 10.2. The molecule has 0 unspecified atom stereocenters. The lowest BCUT2D eigenvalue weighted by Gasteiger charge is -2.35. The van der Waals surface area contributed by atoms with Crippen LogP contribution in [0.4, 0.5) is 13.2 Å². The molecule has 1 N–H and O–H groups in total. The van der Waals surface area contributed by atoms with Crippen molar-refractivity contribution in [1.82, 2.24) is 9.21 Å². The van der Waals surface area contributed by atoms with Crippen molar-refractivity contribution in [2.45, 2.75) is 36.9 Å². The molecule has 9 heteroatoms. The minimum absolute atomic E-state index is 0.150. The van der Waals surface area contributed by atoms with Crippen LogP contribution in [0.2, 0.25) is 0 Å². The SMILES string of the molecule is CC(C)c1ccc([C@@H](O)CN2CCN(S(=O)(=O)c3cccc(C(F)(F)F)c3)CC2)cc1. The van der Waals surface area contributed by atoms with Crippen LogP contribution in [0.5, 0.6) is 0 Å². The molecule has 0 spiro atoms. The predicted molar refractivity (Wildman–Crippen MR) is 112 cm³/mol. The maximum atomic E-state index is 12.9. The van der Waals surface area contributed by atoms with Crippen LogP contribution in [0.15, 0.2) is 53.4 Å². The number of rotatable bonds is 6. The molecule has 31 heavy (non-hydrogen) atoms. The van der Waals surface area contributed by atoms with E-state index in [1.54, 1.807) is 0 Å². The standard InChI is InChI=1S/C22H27F3N2O3S/c1-16(2)17-6-8-18(9-7-17)21(28)15-26-10-12-27(13-11-26)31(29,30)20-5-3-4-19(14-20)22(23,24)25/h3-9,14,16,21,28H,10-13,15H2,1-2H3/t21-/m0/s1. The summed E-state index contributed by atoms with van der Waals surface area (Å²) < 4.78 is 65.6. The number of β-amino-alcohol motifs (C(OH)–C–C–N with tert-alkyl or cyclic N) is 1. The van der Waals surface area contributed by atoms with Crippen molar-refractivity contribution < 1.29 is 26.7 Å². The van der Waals surface area contributed by atoms with Crippen molar-refractivity contribution in [3.63, 3.8) is 0 Å². The van der Waals surface area contributed by atoms with E-state index < -0.39 is 27.9 Å². The van der Waals surface area contributed by atoms with Gasteiger partial charge in [-0.3, -0.25) is 4.90 Å². The van der Waals surface area contributed by atoms with Crippen molar-refractivity contribution in [3.8, 4) is 0 Å². The van der Waals surface area contributed by atoms with Crippen molar-refractivity contribution in [3.05, 3.63) is 65.2 Å². The molecule has 1 aliphatic heterocycles. The van der Waals surface area contributed by atoms with E-state index in [1.165, 1.54) is 15.9 Å². The van der Waals surface area contributed by atoms with E-state index in [1.807, 2.05) is 29.2 Å². The quantitative estimate of drug-likeness (QED) is 0.717. The number of aliphatic hydroxyl groups is 1. The second-order valence-electron chi connectivity index (χ2n) is 8.07. The zero-order chi connectivity index (χ0) is 22.8. The van der Waals surface area contributed by atoms with Gasteiger partial charge in [0.15, 0.2) is 0 Å². The van der Waals surface area contributed by atoms with Gasteiger partial charge in [0.05, 0.1) is 16.6 Å². The summed E-state index contributed by atoms with van der Waals surface area (Å²) in [7, 11) is -4.02. The minimum Gasteiger partial charge on any atom is -0.387 e. The lowest BCUT2D eigenvalue weighted by molar-refractivity contribution is -0.137. The Kier molecular flexibility index (Phi) is 7.10. The second kappa shape index (κ2) is 9.28. The lowest BCUT2D eigenvalue weighted by atomic mass is 10.00. The number of nitrogens with zero attached hydrogens (tertiary/aromatic N) is 2. The Morgan fingerprint density at radius 1 is 0.968 bits per heavy atom. The van der Waals surface area contributed by atoms with E-state index in [-0.39, 0.29) is 18.0 Å². The topological polar surface area (TPSA) is 60.9 Å². The van der Waals surface area contributed by atoms with Crippen molar-refractivity contribution in [1.29, 1.82) is 0 Å². The molecule has 2 aromatic carbocycles. The molecule has 3 rings (SSSR count). The third kappa shape index (κ3) is 5.65. The van der Waals surface area contributed by atoms with Crippen LogP contribution in [-0.4, -0.2) is 55.5 Å². The summed E-state index contributed by atoms with van der Waals surface area (Å²) in [5.74, 6) is 0.401. The van der Waals surface area contributed by atoms with E-state index >= 15 is 0 Å². The van der Waals surface area contributed by atoms with Gasteiger partial charge in [-0.25, -0.2) is 8.42 Å². The van der Waals surface area contributed by atoms with Gasteiger partial charge in [-0.15, -0.1) is 0 Å². The molecule has 1 heterocycles. The molecule has 170 valence electrons. The largest absolute Gasteiger partial charge is 0.416 e. The number of aliphatic hydroxyl groups excluding tert-OH is 1. The fourth-order valence-corrected chi connectivity index (χ4v) is 5.06. The number of piperazine rings is 1. The van der Waals surface area contributed by atoms with Crippen LogP contribution in [0.3, 0.4) is 0 Å². The van der Waals surface area contributed by atoms with E-state index in [4.69, 9.17) is 0 Å². The van der Waals surface area contributed by atoms with Gasteiger partial charge in [0, 0.05) is 32.7 Å². The fraction of sp³-hybridized carbons (Fsp3) is 0.455. The Morgan fingerprint density at radius 3 is 2.10 bits per heavy atom. The molecule has 1 fully saturated rings. The number of benzene rings is 2. The first kappa shape index (κ1) is 23.7. The van der Waals surface area contributed by atoms with Crippen molar-refractivity contribution in [2.75, 3.05) is 32.7 Å². The molecule has 2 aromatic rings. The van der Waals surface area contributed by atoms with E-state index in [0.29, 0.717) is 31.6 Å². The summed E-state index contributed by atoms with van der Waals surface area (Å²) in [5.41, 5.74) is 0.992. The predicted octanol–water partition coefficient (Wildman–Crippen LogP) is 3.87. The zero-order valence-corrected chi connectivity index (χ0v) is 18.3. The molecule has 1 saturated heterocycles. The summed E-state index contributed by atoms with van der Waals surface area (Å²) in [6, 6.07) is 11.6. The average Bonchev–Trinajstić information content (AvgIpc) is 2.73. The number of hydrogen-bond acceptors (Lipinski definition) is 4. The minimum atomic E-state index is -4.60. The zero-order valence-electron chi connectivity index (χ0n) is 17.5. The number of halogens is 3. The van der Waals surface area contributed by atoms with Crippen LogP contribution in [0.1, 0.15) is 42.6 Å². The highest BCUT2D eigenvalue weighted by molar-refractivity contribution is 7.89. The normalized spacial score (nSPS) is 17.8. The Bertz CT molecular complexity index is 984. The van der Waals surface area contributed by atoms with Crippen LogP contribution in [0.25, 0.3) is 0 Å². The lowest BCUT2D eigenvalue weighted by Crippen LogP contribution is -2.49. The second-order valence-corrected chi connectivity index (χ2v) is 10.0. The Labute approximate surface area is 181 Å². The van der Waals surface area contributed by atoms with Crippen LogP contribution < -0.4 is 0 Å². The molecule has 1 aliphatic rings. The Hall–Kier alpha value is -1.94. The fourth-order valence-electron chi connectivity index (χ4n) is 3.59. The van der Waals surface area contributed by atoms with Gasteiger partial charge >= 0.3 is 6.18 Å². The van der Waals surface area contributed by atoms with Crippen LogP contribution in [0, 0.1) is 0 Å². The highest BCUT2D eigenvalue weighted by Crippen LogP contribution is 2.31. The maximum Gasteiger partial charge on any atom is 0.416 e. The molecule has 0 amide bonds. The monoisotopic (exact) mass is 456 g/mol. The average molecular weight is 457 g/mol. The summed E-state index contributed by atoms with van der Waals surface area (Å²) in [6.07, 6.45) is -5.30. The first-order valence-corrected chi connectivity index (χ1v) is 11.6. The van der Waals surface area contributed by atoms with Gasteiger partial charge in [0.1, 0.15) is 0 Å². The molecule has 5 nitrogen and oxygen atoms in total. The number of hydrogen-bond donors (Lipinski definition) is 1. The van der Waals surface area contributed by atoms with Gasteiger partial charge in [-0.2, -0.15) is 17.5 Å². The highest BCUT2D eigenvalue weighted by Gasteiger charge is 2.34. The summed E-state index contributed by atoms with van der Waals surface area (Å²) >= 11 is 0. The van der Waals surface area contributed by atoms with Crippen molar-refractivity contribution >= 4 is 10.0 Å². The van der Waals surface area contributed by atoms with E-state index in [2.05, 4.69) is 13.8 Å². The Balaban J connectivity index is 1.61. The summed E-state index contributed by atoms with van der Waals surface area (Å²) in [4.78, 5) is 1.60. The van der Waals surface area contributed by atoms with Crippen molar-refractivity contribution in [2.24, 2.45) is 0 Å². The molecule has 0 saturated carbocycles. The third-order valence-electron chi connectivity index (χ3n) is 5.55. The number of alkyl halides is 3. The number of sulfonamides is 1. The third-order valence-corrected chi connectivity index (χ3v) is 7.44. The molecule has 0 aliphatic carbocycles. The summed E-state index contributed by atoms with van der Waals surface area (Å²) in [5, 5.41) is 10.5. The molecule has 0 bridgehead atoms. The molecule has 0 aromatic heterocycles.